The van der Waals surface area contributed by atoms with E-state index in [4.69, 9.17) is 27.7 Å². The van der Waals surface area contributed by atoms with Crippen molar-refractivity contribution in [1.29, 1.82) is 0 Å². The lowest BCUT2D eigenvalue weighted by atomic mass is 9.96. The molecule has 2 aromatic carbocycles. The Hall–Kier alpha value is -1.93. The van der Waals surface area contributed by atoms with Crippen molar-refractivity contribution in [2.45, 2.75) is 19.4 Å². The van der Waals surface area contributed by atoms with Crippen molar-refractivity contribution in [2.24, 2.45) is 5.92 Å². The van der Waals surface area contributed by atoms with Gasteiger partial charge in [-0.15, -0.1) is 0 Å². The Labute approximate surface area is 192 Å². The van der Waals surface area contributed by atoms with Crippen molar-refractivity contribution in [3.05, 3.63) is 62.9 Å². The summed E-state index contributed by atoms with van der Waals surface area (Å²) in [6.45, 7) is 2.13. The normalized spacial score (nSPS) is 15.3. The fourth-order valence-corrected chi connectivity index (χ4v) is 4.13. The average molecular weight is 510 g/mol. The molecule has 0 saturated carbocycles. The minimum absolute atomic E-state index is 0.0193. The number of nitrogens with zero attached hydrogens (tertiary/aromatic N) is 3. The first kappa shape index (κ1) is 21.3. The van der Waals surface area contributed by atoms with Crippen LogP contribution in [0.3, 0.4) is 0 Å². The van der Waals surface area contributed by atoms with Crippen LogP contribution in [0.1, 0.15) is 18.7 Å². The number of hydrogen-bond acceptors (Lipinski definition) is 5. The maximum Gasteiger partial charge on any atom is 0.241 e. The van der Waals surface area contributed by atoms with Gasteiger partial charge in [0.1, 0.15) is 0 Å². The number of aromatic nitrogens is 2. The smallest absolute Gasteiger partial charge is 0.241 e. The van der Waals surface area contributed by atoms with E-state index in [2.05, 4.69) is 36.3 Å². The highest BCUT2D eigenvalue weighted by Gasteiger charge is 2.26. The Balaban J connectivity index is 1.29. The van der Waals surface area contributed by atoms with Crippen LogP contribution in [0.2, 0.25) is 10.0 Å². The summed E-state index contributed by atoms with van der Waals surface area (Å²) in [5.74, 6) is 1.07. The lowest BCUT2D eigenvalue weighted by molar-refractivity contribution is -0.121. The Kier molecular flexibility index (Phi) is 6.73. The fourth-order valence-electron chi connectivity index (χ4n) is 3.41. The number of rotatable bonds is 5. The quantitative estimate of drug-likeness (QED) is 0.480. The number of hydrogen-bond donors (Lipinski definition) is 1. The molecule has 30 heavy (non-hydrogen) atoms. The Morgan fingerprint density at radius 2 is 1.90 bits per heavy atom. The molecule has 0 aliphatic carbocycles. The van der Waals surface area contributed by atoms with E-state index in [1.165, 1.54) is 0 Å². The van der Waals surface area contributed by atoms with Gasteiger partial charge < -0.3 is 9.84 Å². The molecule has 2 heterocycles. The summed E-state index contributed by atoms with van der Waals surface area (Å²) >= 11 is 15.5. The van der Waals surface area contributed by atoms with Gasteiger partial charge in [0.05, 0.1) is 17.3 Å². The summed E-state index contributed by atoms with van der Waals surface area (Å²) in [5, 5.41) is 7.95. The van der Waals surface area contributed by atoms with E-state index in [1.807, 2.05) is 24.3 Å². The van der Waals surface area contributed by atoms with E-state index < -0.39 is 0 Å². The van der Waals surface area contributed by atoms with Crippen LogP contribution in [-0.4, -0.2) is 34.0 Å². The SMILES string of the molecule is O=C(Nc1ccc(Cl)cc1Cl)C1CCN(Cc2nc(-c3ccc(Br)cc3)no2)CC1. The van der Waals surface area contributed by atoms with Crippen molar-refractivity contribution < 1.29 is 9.32 Å². The molecule has 0 radical (unpaired) electrons. The number of likely N-dealkylation sites (tertiary alicyclic amines) is 1. The lowest BCUT2D eigenvalue weighted by Crippen LogP contribution is -2.37. The maximum absolute atomic E-state index is 12.6. The van der Waals surface area contributed by atoms with Gasteiger partial charge in [0, 0.05) is 21.0 Å². The predicted octanol–water partition coefficient (Wildman–Crippen LogP) is 5.66. The molecule has 156 valence electrons. The molecule has 1 aliphatic rings. The minimum atomic E-state index is -0.0611. The highest BCUT2D eigenvalue weighted by molar-refractivity contribution is 9.10. The number of anilines is 1. The molecule has 0 unspecified atom stereocenters. The van der Waals surface area contributed by atoms with Crippen LogP contribution >= 0.6 is 39.1 Å². The molecular weight excluding hydrogens is 491 g/mol. The Bertz CT molecular complexity index is 1030. The first-order chi connectivity index (χ1) is 14.5. The van der Waals surface area contributed by atoms with Gasteiger partial charge in [-0.1, -0.05) is 44.3 Å². The third-order valence-corrected chi connectivity index (χ3v) is 6.15. The largest absolute Gasteiger partial charge is 0.338 e. The van der Waals surface area contributed by atoms with Crippen LogP contribution in [-0.2, 0) is 11.3 Å². The van der Waals surface area contributed by atoms with E-state index in [9.17, 15) is 4.79 Å². The third-order valence-electron chi connectivity index (χ3n) is 5.08. The first-order valence-corrected chi connectivity index (χ1v) is 11.1. The van der Waals surface area contributed by atoms with Gasteiger partial charge in [0.15, 0.2) is 0 Å². The lowest BCUT2D eigenvalue weighted by Gasteiger charge is -2.30. The molecule has 1 N–H and O–H groups in total. The summed E-state index contributed by atoms with van der Waals surface area (Å²) in [6.07, 6.45) is 1.51. The highest BCUT2D eigenvalue weighted by Crippen LogP contribution is 2.27. The molecule has 1 amide bonds. The molecule has 0 bridgehead atoms. The van der Waals surface area contributed by atoms with Crippen LogP contribution in [0.5, 0.6) is 0 Å². The fraction of sp³-hybridized carbons (Fsp3) is 0.286. The van der Waals surface area contributed by atoms with E-state index in [0.29, 0.717) is 34.0 Å². The van der Waals surface area contributed by atoms with Gasteiger partial charge in [0.2, 0.25) is 17.6 Å². The zero-order valence-corrected chi connectivity index (χ0v) is 19.0. The molecule has 0 atom stereocenters. The summed E-state index contributed by atoms with van der Waals surface area (Å²) in [5.41, 5.74) is 1.49. The molecular formula is C21H19BrCl2N4O2. The van der Waals surface area contributed by atoms with Gasteiger partial charge in [0.25, 0.3) is 0 Å². The number of carbonyl (C=O) groups excluding carboxylic acids is 1. The Morgan fingerprint density at radius 3 is 2.60 bits per heavy atom. The maximum atomic E-state index is 12.6. The summed E-state index contributed by atoms with van der Waals surface area (Å²) in [7, 11) is 0. The molecule has 4 rings (SSSR count). The van der Waals surface area contributed by atoms with Gasteiger partial charge in [-0.05, 0) is 68.4 Å². The molecule has 1 saturated heterocycles. The minimum Gasteiger partial charge on any atom is -0.338 e. The molecule has 1 aromatic heterocycles. The summed E-state index contributed by atoms with van der Waals surface area (Å²) < 4.78 is 6.41. The number of halogens is 3. The van der Waals surface area contributed by atoms with Gasteiger partial charge in [-0.2, -0.15) is 4.98 Å². The van der Waals surface area contributed by atoms with Crippen molar-refractivity contribution in [3.63, 3.8) is 0 Å². The second-order valence-corrected chi connectivity index (χ2v) is 8.94. The van der Waals surface area contributed by atoms with Crippen molar-refractivity contribution in [2.75, 3.05) is 18.4 Å². The molecule has 1 aliphatic heterocycles. The highest BCUT2D eigenvalue weighted by atomic mass is 79.9. The second-order valence-electron chi connectivity index (χ2n) is 7.18. The number of nitrogens with one attached hydrogen (secondary N) is 1. The van der Waals surface area contributed by atoms with E-state index in [0.717, 1.165) is 36.0 Å². The van der Waals surface area contributed by atoms with Gasteiger partial charge in [-0.3, -0.25) is 9.69 Å². The number of piperidine rings is 1. The van der Waals surface area contributed by atoms with Gasteiger partial charge >= 0.3 is 0 Å². The zero-order chi connectivity index (χ0) is 21.1. The van der Waals surface area contributed by atoms with E-state index >= 15 is 0 Å². The molecule has 9 heteroatoms. The number of benzene rings is 2. The monoisotopic (exact) mass is 508 g/mol. The van der Waals surface area contributed by atoms with Gasteiger partial charge in [-0.25, -0.2) is 0 Å². The second kappa shape index (κ2) is 9.47. The molecule has 6 nitrogen and oxygen atoms in total. The molecule has 0 spiro atoms. The van der Waals surface area contributed by atoms with Crippen LogP contribution in [0, 0.1) is 5.92 Å². The number of amides is 1. The summed E-state index contributed by atoms with van der Waals surface area (Å²) in [6, 6.07) is 12.8. The number of carbonyl (C=O) groups is 1. The first-order valence-electron chi connectivity index (χ1n) is 9.55. The topological polar surface area (TPSA) is 71.3 Å². The van der Waals surface area contributed by atoms with E-state index in [1.54, 1.807) is 18.2 Å². The Morgan fingerprint density at radius 1 is 1.17 bits per heavy atom. The third kappa shape index (κ3) is 5.21. The molecule has 1 fully saturated rings. The molecule has 3 aromatic rings. The van der Waals surface area contributed by atoms with Crippen molar-refractivity contribution in [3.8, 4) is 11.4 Å². The zero-order valence-electron chi connectivity index (χ0n) is 15.9. The van der Waals surface area contributed by atoms with E-state index in [-0.39, 0.29) is 11.8 Å². The van der Waals surface area contributed by atoms with Crippen LogP contribution in [0.4, 0.5) is 5.69 Å². The average Bonchev–Trinajstić information content (AvgIpc) is 3.19. The van der Waals surface area contributed by atoms with Crippen LogP contribution < -0.4 is 5.32 Å². The predicted molar refractivity (Wildman–Crippen MR) is 121 cm³/mol. The van der Waals surface area contributed by atoms with Crippen LogP contribution in [0.15, 0.2) is 51.5 Å². The van der Waals surface area contributed by atoms with Crippen molar-refractivity contribution >= 4 is 50.7 Å². The van der Waals surface area contributed by atoms with Crippen LogP contribution in [0.25, 0.3) is 11.4 Å². The summed E-state index contributed by atoms with van der Waals surface area (Å²) in [4.78, 5) is 19.3. The van der Waals surface area contributed by atoms with Crippen molar-refractivity contribution in [1.82, 2.24) is 15.0 Å². The standard InChI is InChI=1S/C21H19BrCl2N4O2/c22-15-3-1-13(2-4-15)20-26-19(30-27-20)12-28-9-7-14(8-10-28)21(29)25-18-6-5-16(23)11-17(18)24/h1-6,11,14H,7-10,12H2,(H,25,29).